The zero-order chi connectivity index (χ0) is 14.4. The average Bonchev–Trinajstić information content (AvgIpc) is 2.49. The summed E-state index contributed by atoms with van der Waals surface area (Å²) in [6, 6.07) is 3.47. The first-order valence-electron chi connectivity index (χ1n) is 7.06. The molecule has 1 aliphatic heterocycles. The van der Waals surface area contributed by atoms with Gasteiger partial charge in [0.1, 0.15) is 0 Å². The quantitative estimate of drug-likeness (QED) is 0.532. The Hall–Kier alpha value is -1.73. The van der Waals surface area contributed by atoms with E-state index in [2.05, 4.69) is 32.8 Å². The van der Waals surface area contributed by atoms with Crippen LogP contribution in [0.25, 0.3) is 0 Å². The minimum atomic E-state index is -0.171. The van der Waals surface area contributed by atoms with Crippen molar-refractivity contribution in [2.75, 3.05) is 25.1 Å². The summed E-state index contributed by atoms with van der Waals surface area (Å²) in [6.07, 6.45) is 3.15. The number of carbonyl (C=O) groups excluding carboxylic acids is 1. The second-order valence-electron chi connectivity index (χ2n) is 5.04. The van der Waals surface area contributed by atoms with E-state index in [1.54, 1.807) is 12.1 Å². The maximum Gasteiger partial charge on any atom is 0.272 e. The second-order valence-corrected chi connectivity index (χ2v) is 5.04. The molecule has 1 aliphatic rings. The number of aromatic nitrogens is 2. The number of hydrogen-bond donors (Lipinski definition) is 3. The fourth-order valence-electron chi connectivity index (χ4n) is 2.41. The number of hydrazine groups is 1. The van der Waals surface area contributed by atoms with Crippen molar-refractivity contribution in [1.29, 1.82) is 0 Å². The summed E-state index contributed by atoms with van der Waals surface area (Å²) in [4.78, 5) is 14.5. The lowest BCUT2D eigenvalue weighted by molar-refractivity contribution is 0.0905. The van der Waals surface area contributed by atoms with E-state index in [0.29, 0.717) is 11.5 Å². The lowest BCUT2D eigenvalue weighted by Crippen LogP contribution is -2.45. The monoisotopic (exact) mass is 278 g/mol. The van der Waals surface area contributed by atoms with Crippen LogP contribution in [0.2, 0.25) is 0 Å². The third-order valence-electron chi connectivity index (χ3n) is 3.51. The molecule has 1 amide bonds. The number of carbonyl (C=O) groups is 1. The van der Waals surface area contributed by atoms with E-state index >= 15 is 0 Å². The van der Waals surface area contributed by atoms with Gasteiger partial charge >= 0.3 is 0 Å². The highest BCUT2D eigenvalue weighted by Crippen LogP contribution is 2.11. The molecule has 2 heterocycles. The molecular formula is C13H22N6O. The molecule has 7 heteroatoms. The Bertz CT molecular complexity index is 427. The Morgan fingerprint density at radius 2 is 2.15 bits per heavy atom. The third kappa shape index (κ3) is 3.88. The number of hydrogen-bond acceptors (Lipinski definition) is 6. The molecule has 0 aromatic carbocycles. The molecule has 0 unspecified atom stereocenters. The van der Waals surface area contributed by atoms with Gasteiger partial charge < -0.3 is 15.6 Å². The van der Waals surface area contributed by atoms with Crippen LogP contribution in [0.15, 0.2) is 12.1 Å². The highest BCUT2D eigenvalue weighted by molar-refractivity contribution is 5.92. The maximum absolute atomic E-state index is 12.0. The standard InChI is InChI=1S/C13H22N6O/c1-2-7-19-8-5-10(6-9-19)15-13(20)11-3-4-12(16-14)18-17-11/h3-4,10H,2,5-9,14H2,1H3,(H,15,20)(H,16,18). The van der Waals surface area contributed by atoms with E-state index in [4.69, 9.17) is 5.84 Å². The molecule has 2 rings (SSSR count). The van der Waals surface area contributed by atoms with Crippen molar-refractivity contribution >= 4 is 11.7 Å². The predicted molar refractivity (Wildman–Crippen MR) is 77.1 cm³/mol. The third-order valence-corrected chi connectivity index (χ3v) is 3.51. The SMILES string of the molecule is CCCN1CCC(NC(=O)c2ccc(NN)nn2)CC1. The summed E-state index contributed by atoms with van der Waals surface area (Å²) in [5.74, 6) is 5.47. The van der Waals surface area contributed by atoms with Gasteiger partial charge in [0.15, 0.2) is 11.5 Å². The number of likely N-dealkylation sites (tertiary alicyclic amines) is 1. The van der Waals surface area contributed by atoms with Gasteiger partial charge in [0, 0.05) is 19.1 Å². The lowest BCUT2D eigenvalue weighted by Gasteiger charge is -2.31. The van der Waals surface area contributed by atoms with Crippen LogP contribution >= 0.6 is 0 Å². The molecule has 0 saturated carbocycles. The van der Waals surface area contributed by atoms with E-state index in [1.807, 2.05) is 0 Å². The molecule has 7 nitrogen and oxygen atoms in total. The number of amides is 1. The Labute approximate surface area is 118 Å². The van der Waals surface area contributed by atoms with Gasteiger partial charge in [-0.1, -0.05) is 6.92 Å². The molecule has 1 aromatic rings. The van der Waals surface area contributed by atoms with Crippen molar-refractivity contribution in [2.24, 2.45) is 5.84 Å². The molecule has 4 N–H and O–H groups in total. The summed E-state index contributed by atoms with van der Waals surface area (Å²) in [5, 5.41) is 10.7. The van der Waals surface area contributed by atoms with E-state index in [1.165, 1.54) is 6.42 Å². The van der Waals surface area contributed by atoms with Crippen molar-refractivity contribution in [3.8, 4) is 0 Å². The van der Waals surface area contributed by atoms with E-state index in [0.717, 1.165) is 32.5 Å². The number of nitrogens with one attached hydrogen (secondary N) is 2. The molecule has 0 aliphatic carbocycles. The van der Waals surface area contributed by atoms with Crippen LogP contribution in [0.3, 0.4) is 0 Å². The summed E-state index contributed by atoms with van der Waals surface area (Å²) in [5.41, 5.74) is 2.70. The van der Waals surface area contributed by atoms with Gasteiger partial charge in [0.2, 0.25) is 0 Å². The molecule has 1 aromatic heterocycles. The summed E-state index contributed by atoms with van der Waals surface area (Å²) < 4.78 is 0. The van der Waals surface area contributed by atoms with Crippen molar-refractivity contribution in [2.45, 2.75) is 32.2 Å². The van der Waals surface area contributed by atoms with Crippen LogP contribution in [0.5, 0.6) is 0 Å². The molecule has 0 bridgehead atoms. The zero-order valence-corrected chi connectivity index (χ0v) is 11.8. The van der Waals surface area contributed by atoms with Crippen LogP contribution in [-0.4, -0.2) is 46.7 Å². The first-order valence-corrected chi connectivity index (χ1v) is 7.06. The number of nitrogen functional groups attached to an aromatic ring is 1. The Balaban J connectivity index is 1.82. The van der Waals surface area contributed by atoms with Crippen LogP contribution in [0.4, 0.5) is 5.82 Å². The van der Waals surface area contributed by atoms with Gasteiger partial charge in [-0.3, -0.25) is 4.79 Å². The molecule has 0 atom stereocenters. The van der Waals surface area contributed by atoms with Crippen LogP contribution in [-0.2, 0) is 0 Å². The number of anilines is 1. The molecule has 1 saturated heterocycles. The Kier molecular flexibility index (Phi) is 5.25. The number of piperidine rings is 1. The van der Waals surface area contributed by atoms with Gasteiger partial charge in [0.05, 0.1) is 0 Å². The van der Waals surface area contributed by atoms with Gasteiger partial charge in [0.25, 0.3) is 5.91 Å². The first kappa shape index (κ1) is 14.7. The second kappa shape index (κ2) is 7.16. The highest BCUT2D eigenvalue weighted by Gasteiger charge is 2.21. The predicted octanol–water partition coefficient (Wildman–Crippen LogP) is 0.366. The van der Waals surface area contributed by atoms with Crippen molar-refractivity contribution in [1.82, 2.24) is 20.4 Å². The van der Waals surface area contributed by atoms with Crippen molar-refractivity contribution < 1.29 is 4.79 Å². The lowest BCUT2D eigenvalue weighted by atomic mass is 10.0. The van der Waals surface area contributed by atoms with Crippen LogP contribution < -0.4 is 16.6 Å². The number of rotatable bonds is 5. The zero-order valence-electron chi connectivity index (χ0n) is 11.8. The van der Waals surface area contributed by atoms with E-state index in [-0.39, 0.29) is 11.9 Å². The maximum atomic E-state index is 12.0. The van der Waals surface area contributed by atoms with Gasteiger partial charge in [-0.15, -0.1) is 10.2 Å². The van der Waals surface area contributed by atoms with Gasteiger partial charge in [-0.05, 0) is 37.9 Å². The minimum Gasteiger partial charge on any atom is -0.348 e. The van der Waals surface area contributed by atoms with Crippen molar-refractivity contribution in [3.05, 3.63) is 17.8 Å². The van der Waals surface area contributed by atoms with Crippen LogP contribution in [0, 0.1) is 0 Å². The molecular weight excluding hydrogens is 256 g/mol. The molecule has 1 fully saturated rings. The molecule has 0 spiro atoms. The summed E-state index contributed by atoms with van der Waals surface area (Å²) in [6.45, 7) is 5.41. The van der Waals surface area contributed by atoms with E-state index in [9.17, 15) is 4.79 Å². The molecule has 20 heavy (non-hydrogen) atoms. The fourth-order valence-corrected chi connectivity index (χ4v) is 2.41. The molecule has 0 radical (unpaired) electrons. The van der Waals surface area contributed by atoms with Gasteiger partial charge in [-0.25, -0.2) is 5.84 Å². The largest absolute Gasteiger partial charge is 0.348 e. The number of nitrogens with zero attached hydrogens (tertiary/aromatic N) is 3. The Morgan fingerprint density at radius 3 is 2.70 bits per heavy atom. The number of nitrogens with two attached hydrogens (primary N) is 1. The fraction of sp³-hybridized carbons (Fsp3) is 0.615. The normalized spacial score (nSPS) is 16.9. The van der Waals surface area contributed by atoms with Gasteiger partial charge in [-0.2, -0.15) is 0 Å². The topological polar surface area (TPSA) is 96.2 Å². The van der Waals surface area contributed by atoms with Crippen molar-refractivity contribution in [3.63, 3.8) is 0 Å². The smallest absolute Gasteiger partial charge is 0.272 e. The highest BCUT2D eigenvalue weighted by atomic mass is 16.2. The molecule has 110 valence electrons. The Morgan fingerprint density at radius 1 is 1.40 bits per heavy atom. The summed E-state index contributed by atoms with van der Waals surface area (Å²) >= 11 is 0. The summed E-state index contributed by atoms with van der Waals surface area (Å²) in [7, 11) is 0. The first-order chi connectivity index (χ1) is 9.72. The minimum absolute atomic E-state index is 0.171. The average molecular weight is 278 g/mol. The van der Waals surface area contributed by atoms with E-state index < -0.39 is 0 Å². The van der Waals surface area contributed by atoms with Crippen LogP contribution in [0.1, 0.15) is 36.7 Å².